The molecule has 4 rings (SSSR count). The molecule has 1 saturated heterocycles. The van der Waals surface area contributed by atoms with Crippen molar-refractivity contribution in [2.75, 3.05) is 23.3 Å². The number of hydrogen-bond acceptors (Lipinski definition) is 5. The van der Waals surface area contributed by atoms with Crippen LogP contribution in [0, 0.1) is 10.1 Å². The molecule has 0 radical (unpaired) electrons. The van der Waals surface area contributed by atoms with Crippen LogP contribution >= 0.6 is 0 Å². The van der Waals surface area contributed by atoms with Gasteiger partial charge in [-0.3, -0.25) is 14.9 Å². The number of rotatable bonds is 6. The summed E-state index contributed by atoms with van der Waals surface area (Å²) >= 11 is 0. The lowest BCUT2D eigenvalue weighted by Crippen LogP contribution is -2.20. The van der Waals surface area contributed by atoms with Crippen molar-refractivity contribution in [2.45, 2.75) is 44.6 Å². The van der Waals surface area contributed by atoms with E-state index >= 15 is 0 Å². The minimum absolute atomic E-state index is 0.0298. The maximum atomic E-state index is 12.7. The smallest absolute Gasteiger partial charge is 0.293 e. The zero-order valence-corrected chi connectivity index (χ0v) is 16.3. The molecule has 152 valence electrons. The molecule has 1 saturated carbocycles. The number of nitro groups is 1. The standard InChI is InChI=1S/C22H25N3O4/c26-22(23-17-6-5-9-19(15-17)29-18-7-1-2-8-18)16-10-11-20(21(14-16)25(27)28)24-12-3-4-13-24/h5-6,9-11,14-15,18H,1-4,7-8,12-13H2,(H,23,26). The summed E-state index contributed by atoms with van der Waals surface area (Å²) in [6.07, 6.45) is 6.78. The molecule has 29 heavy (non-hydrogen) atoms. The van der Waals surface area contributed by atoms with Gasteiger partial charge in [0.25, 0.3) is 11.6 Å². The third kappa shape index (κ3) is 4.50. The Morgan fingerprint density at radius 2 is 1.83 bits per heavy atom. The number of benzene rings is 2. The Kier molecular flexibility index (Phi) is 5.64. The summed E-state index contributed by atoms with van der Waals surface area (Å²) in [4.78, 5) is 25.8. The molecule has 2 fully saturated rings. The van der Waals surface area contributed by atoms with Crippen molar-refractivity contribution < 1.29 is 14.5 Å². The minimum Gasteiger partial charge on any atom is -0.490 e. The second-order valence-corrected chi connectivity index (χ2v) is 7.66. The molecule has 2 aromatic carbocycles. The monoisotopic (exact) mass is 395 g/mol. The molecule has 0 unspecified atom stereocenters. The van der Waals surface area contributed by atoms with Crippen LogP contribution in [0.3, 0.4) is 0 Å². The lowest BCUT2D eigenvalue weighted by Gasteiger charge is -2.18. The molecule has 1 N–H and O–H groups in total. The Hall–Kier alpha value is -3.09. The molecular formula is C22H25N3O4. The zero-order chi connectivity index (χ0) is 20.2. The molecule has 0 bridgehead atoms. The first kappa shape index (κ1) is 19.2. The van der Waals surface area contributed by atoms with E-state index in [4.69, 9.17) is 4.74 Å². The quantitative estimate of drug-likeness (QED) is 0.563. The number of carbonyl (C=O) groups excluding carboxylic acids is 1. The molecule has 1 aliphatic carbocycles. The first-order valence-electron chi connectivity index (χ1n) is 10.2. The molecule has 7 heteroatoms. The van der Waals surface area contributed by atoms with Gasteiger partial charge in [-0.05, 0) is 62.8 Å². The molecule has 2 aliphatic rings. The maximum absolute atomic E-state index is 12.7. The van der Waals surface area contributed by atoms with Gasteiger partial charge in [-0.1, -0.05) is 6.07 Å². The maximum Gasteiger partial charge on any atom is 0.293 e. The second kappa shape index (κ2) is 8.51. The Morgan fingerprint density at radius 3 is 2.55 bits per heavy atom. The SMILES string of the molecule is O=C(Nc1cccc(OC2CCCC2)c1)c1ccc(N2CCCC2)c([N+](=O)[O-])c1. The van der Waals surface area contributed by atoms with E-state index in [1.54, 1.807) is 24.3 Å². The highest BCUT2D eigenvalue weighted by Gasteiger charge is 2.24. The number of amides is 1. The molecule has 0 aromatic heterocycles. The van der Waals surface area contributed by atoms with Gasteiger partial charge < -0.3 is 15.0 Å². The van der Waals surface area contributed by atoms with E-state index in [0.717, 1.165) is 44.5 Å². The van der Waals surface area contributed by atoms with E-state index < -0.39 is 4.92 Å². The van der Waals surface area contributed by atoms with Crippen molar-refractivity contribution in [3.8, 4) is 5.75 Å². The van der Waals surface area contributed by atoms with E-state index in [1.807, 2.05) is 17.0 Å². The van der Waals surface area contributed by atoms with Gasteiger partial charge in [-0.2, -0.15) is 0 Å². The van der Waals surface area contributed by atoms with Gasteiger partial charge in [-0.25, -0.2) is 0 Å². The predicted octanol–water partition coefficient (Wildman–Crippen LogP) is 4.77. The third-order valence-electron chi connectivity index (χ3n) is 5.58. The van der Waals surface area contributed by atoms with Crippen LogP contribution in [0.25, 0.3) is 0 Å². The normalized spacial score (nSPS) is 16.8. The van der Waals surface area contributed by atoms with E-state index in [1.165, 1.54) is 18.9 Å². The van der Waals surface area contributed by atoms with Crippen molar-refractivity contribution in [3.63, 3.8) is 0 Å². The Labute approximate surface area is 169 Å². The van der Waals surface area contributed by atoms with Gasteiger partial charge in [0.05, 0.1) is 11.0 Å². The van der Waals surface area contributed by atoms with Crippen LogP contribution in [0.5, 0.6) is 5.75 Å². The number of nitrogens with one attached hydrogen (secondary N) is 1. The molecule has 0 atom stereocenters. The fourth-order valence-electron chi connectivity index (χ4n) is 4.09. The zero-order valence-electron chi connectivity index (χ0n) is 16.3. The summed E-state index contributed by atoms with van der Waals surface area (Å²) in [5, 5.41) is 14.4. The first-order valence-corrected chi connectivity index (χ1v) is 10.2. The highest BCUT2D eigenvalue weighted by molar-refractivity contribution is 6.05. The highest BCUT2D eigenvalue weighted by Crippen LogP contribution is 2.32. The minimum atomic E-state index is -0.416. The van der Waals surface area contributed by atoms with Crippen molar-refractivity contribution >= 4 is 23.0 Å². The average molecular weight is 395 g/mol. The van der Waals surface area contributed by atoms with Crippen LogP contribution in [-0.2, 0) is 0 Å². The fourth-order valence-corrected chi connectivity index (χ4v) is 4.09. The highest BCUT2D eigenvalue weighted by atomic mass is 16.6. The molecule has 1 aliphatic heterocycles. The van der Waals surface area contributed by atoms with Crippen LogP contribution in [-0.4, -0.2) is 30.0 Å². The number of ether oxygens (including phenoxy) is 1. The first-order chi connectivity index (χ1) is 14.1. The second-order valence-electron chi connectivity index (χ2n) is 7.66. The van der Waals surface area contributed by atoms with Crippen molar-refractivity contribution in [1.29, 1.82) is 0 Å². The summed E-state index contributed by atoms with van der Waals surface area (Å²) in [5.74, 6) is 0.351. The van der Waals surface area contributed by atoms with E-state index in [0.29, 0.717) is 11.4 Å². The van der Waals surface area contributed by atoms with E-state index in [9.17, 15) is 14.9 Å². The summed E-state index contributed by atoms with van der Waals surface area (Å²) in [7, 11) is 0. The average Bonchev–Trinajstić information content (AvgIpc) is 3.42. The van der Waals surface area contributed by atoms with Gasteiger partial charge in [0.1, 0.15) is 11.4 Å². The van der Waals surface area contributed by atoms with Crippen molar-refractivity contribution in [2.24, 2.45) is 0 Å². The number of anilines is 2. The van der Waals surface area contributed by atoms with Crippen LogP contribution in [0.4, 0.5) is 17.1 Å². The lowest BCUT2D eigenvalue weighted by molar-refractivity contribution is -0.384. The largest absolute Gasteiger partial charge is 0.490 e. The van der Waals surface area contributed by atoms with Gasteiger partial charge in [0, 0.05) is 36.5 Å². The summed E-state index contributed by atoms with van der Waals surface area (Å²) < 4.78 is 5.98. The van der Waals surface area contributed by atoms with Crippen LogP contribution < -0.4 is 15.0 Å². The van der Waals surface area contributed by atoms with Gasteiger partial charge in [0.2, 0.25) is 0 Å². The predicted molar refractivity (Wildman–Crippen MR) is 112 cm³/mol. The van der Waals surface area contributed by atoms with Gasteiger partial charge >= 0.3 is 0 Å². The Morgan fingerprint density at radius 1 is 1.07 bits per heavy atom. The number of carbonyl (C=O) groups is 1. The van der Waals surface area contributed by atoms with Crippen LogP contribution in [0.1, 0.15) is 48.9 Å². The van der Waals surface area contributed by atoms with Crippen molar-refractivity contribution in [3.05, 3.63) is 58.1 Å². The Bertz CT molecular complexity index is 903. The Balaban J connectivity index is 1.49. The van der Waals surface area contributed by atoms with E-state index in [-0.39, 0.29) is 23.3 Å². The van der Waals surface area contributed by atoms with Crippen LogP contribution in [0.2, 0.25) is 0 Å². The molecule has 2 aromatic rings. The molecule has 0 spiro atoms. The van der Waals surface area contributed by atoms with Gasteiger partial charge in [-0.15, -0.1) is 0 Å². The molecule has 1 amide bonds. The number of nitro benzene ring substituents is 1. The van der Waals surface area contributed by atoms with E-state index in [2.05, 4.69) is 5.32 Å². The number of nitrogens with zero attached hydrogens (tertiary/aromatic N) is 2. The molecule has 1 heterocycles. The van der Waals surface area contributed by atoms with Crippen molar-refractivity contribution in [1.82, 2.24) is 0 Å². The topological polar surface area (TPSA) is 84.7 Å². The lowest BCUT2D eigenvalue weighted by atomic mass is 10.1. The van der Waals surface area contributed by atoms with Gasteiger partial charge in [0.15, 0.2) is 0 Å². The molecular weight excluding hydrogens is 370 g/mol. The summed E-state index contributed by atoms with van der Waals surface area (Å²) in [5.41, 5.74) is 1.42. The number of hydrogen-bond donors (Lipinski definition) is 1. The van der Waals surface area contributed by atoms with Crippen LogP contribution in [0.15, 0.2) is 42.5 Å². The summed E-state index contributed by atoms with van der Waals surface area (Å²) in [6, 6.07) is 12.0. The molecule has 7 nitrogen and oxygen atoms in total. The third-order valence-corrected chi connectivity index (χ3v) is 5.58. The summed E-state index contributed by atoms with van der Waals surface area (Å²) in [6.45, 7) is 1.61. The fraction of sp³-hybridized carbons (Fsp3) is 0.409.